The van der Waals surface area contributed by atoms with Crippen LogP contribution in [0.2, 0.25) is 5.02 Å². The molecule has 3 aromatic rings. The van der Waals surface area contributed by atoms with E-state index in [1.807, 2.05) is 42.5 Å². The Morgan fingerprint density at radius 2 is 1.53 bits per heavy atom. The van der Waals surface area contributed by atoms with Crippen molar-refractivity contribution < 1.29 is 14.3 Å². The molecule has 0 N–H and O–H groups in total. The molecule has 0 aliphatic carbocycles. The molecular formula is C24H18ClNO3S. The number of imide groups is 1. The lowest BCUT2D eigenvalue weighted by Crippen LogP contribution is -2.31. The van der Waals surface area contributed by atoms with Crippen molar-refractivity contribution in [2.45, 2.75) is 5.75 Å². The van der Waals surface area contributed by atoms with Crippen molar-refractivity contribution in [3.63, 3.8) is 0 Å². The summed E-state index contributed by atoms with van der Waals surface area (Å²) < 4.78 is 5.47. The van der Waals surface area contributed by atoms with E-state index < -0.39 is 0 Å². The van der Waals surface area contributed by atoms with Crippen LogP contribution in [0.25, 0.3) is 5.57 Å². The van der Waals surface area contributed by atoms with Crippen molar-refractivity contribution >= 4 is 46.4 Å². The highest BCUT2D eigenvalue weighted by atomic mass is 35.5. The third-order valence-corrected chi connectivity index (χ3v) is 6.13. The lowest BCUT2D eigenvalue weighted by molar-refractivity contribution is -0.119. The Morgan fingerprint density at radius 3 is 2.23 bits per heavy atom. The van der Waals surface area contributed by atoms with Crippen LogP contribution in [-0.4, -0.2) is 18.9 Å². The highest BCUT2D eigenvalue weighted by molar-refractivity contribution is 8.03. The van der Waals surface area contributed by atoms with Crippen molar-refractivity contribution in [3.8, 4) is 5.75 Å². The summed E-state index contributed by atoms with van der Waals surface area (Å²) in [5.74, 6) is 0.401. The quantitative estimate of drug-likeness (QED) is 0.475. The second kappa shape index (κ2) is 8.78. The first-order chi connectivity index (χ1) is 14.6. The number of carbonyl (C=O) groups excluding carboxylic acids is 2. The number of methoxy groups -OCH3 is 1. The molecule has 0 saturated heterocycles. The molecule has 0 bridgehead atoms. The molecular weight excluding hydrogens is 418 g/mol. The van der Waals surface area contributed by atoms with Gasteiger partial charge in [0.2, 0.25) is 0 Å². The monoisotopic (exact) mass is 435 g/mol. The average molecular weight is 436 g/mol. The molecule has 2 amide bonds. The van der Waals surface area contributed by atoms with Crippen molar-refractivity contribution in [3.05, 3.63) is 99.9 Å². The summed E-state index contributed by atoms with van der Waals surface area (Å²) in [5.41, 5.74) is 2.51. The molecule has 0 atom stereocenters. The Labute approximate surface area is 184 Å². The second-order valence-corrected chi connectivity index (χ2v) is 8.02. The minimum absolute atomic E-state index is 0.343. The van der Waals surface area contributed by atoms with Crippen molar-refractivity contribution in [2.24, 2.45) is 0 Å². The zero-order chi connectivity index (χ0) is 21.1. The third kappa shape index (κ3) is 3.86. The van der Waals surface area contributed by atoms with Crippen LogP contribution in [-0.2, 0) is 15.3 Å². The van der Waals surface area contributed by atoms with E-state index in [-0.39, 0.29) is 11.8 Å². The predicted molar refractivity (Wildman–Crippen MR) is 122 cm³/mol. The molecule has 4 nitrogen and oxygen atoms in total. The molecule has 3 aromatic carbocycles. The molecule has 4 rings (SSSR count). The zero-order valence-electron chi connectivity index (χ0n) is 16.2. The number of anilines is 1. The van der Waals surface area contributed by atoms with Gasteiger partial charge in [-0.25, -0.2) is 4.90 Å². The summed E-state index contributed by atoms with van der Waals surface area (Å²) in [6.07, 6.45) is 0. The summed E-state index contributed by atoms with van der Waals surface area (Å²) in [5, 5.41) is 0.537. The van der Waals surface area contributed by atoms with Crippen LogP contribution in [0.4, 0.5) is 5.69 Å². The molecule has 30 heavy (non-hydrogen) atoms. The molecule has 150 valence electrons. The molecule has 0 fully saturated rings. The number of halogens is 1. The first-order valence-corrected chi connectivity index (χ1v) is 10.6. The summed E-state index contributed by atoms with van der Waals surface area (Å²) in [4.78, 5) is 28.4. The van der Waals surface area contributed by atoms with Crippen LogP contribution in [0.15, 0.2) is 83.8 Å². The van der Waals surface area contributed by atoms with E-state index in [0.717, 1.165) is 5.56 Å². The van der Waals surface area contributed by atoms with E-state index in [1.54, 1.807) is 43.5 Å². The summed E-state index contributed by atoms with van der Waals surface area (Å²) in [7, 11) is 1.55. The third-order valence-electron chi connectivity index (χ3n) is 4.73. The molecule has 1 aliphatic heterocycles. The average Bonchev–Trinajstić information content (AvgIpc) is 3.03. The maximum absolute atomic E-state index is 13.4. The lowest BCUT2D eigenvalue weighted by Gasteiger charge is -2.15. The van der Waals surface area contributed by atoms with E-state index in [4.69, 9.17) is 16.3 Å². The van der Waals surface area contributed by atoms with Gasteiger partial charge in [0.1, 0.15) is 5.75 Å². The predicted octanol–water partition coefficient (Wildman–Crippen LogP) is 5.57. The molecule has 0 spiro atoms. The molecule has 1 heterocycles. The smallest absolute Gasteiger partial charge is 0.272 e. The maximum atomic E-state index is 13.4. The van der Waals surface area contributed by atoms with Crippen LogP contribution in [0, 0.1) is 0 Å². The van der Waals surface area contributed by atoms with Crippen LogP contribution in [0.5, 0.6) is 5.75 Å². The van der Waals surface area contributed by atoms with Gasteiger partial charge in [-0.2, -0.15) is 0 Å². The number of amides is 2. The highest BCUT2D eigenvalue weighted by Gasteiger charge is 2.41. The van der Waals surface area contributed by atoms with Gasteiger partial charge >= 0.3 is 0 Å². The van der Waals surface area contributed by atoms with Gasteiger partial charge in [-0.3, -0.25) is 9.59 Å². The number of carbonyl (C=O) groups is 2. The molecule has 0 radical (unpaired) electrons. The Bertz CT molecular complexity index is 1130. The van der Waals surface area contributed by atoms with Gasteiger partial charge in [-0.15, -0.1) is 11.8 Å². The number of nitrogens with zero attached hydrogens (tertiary/aromatic N) is 1. The minimum Gasteiger partial charge on any atom is -0.496 e. The lowest BCUT2D eigenvalue weighted by atomic mass is 10.0. The number of benzene rings is 3. The van der Waals surface area contributed by atoms with Gasteiger partial charge in [-0.1, -0.05) is 60.1 Å². The fraction of sp³-hybridized carbons (Fsp3) is 0.0833. The van der Waals surface area contributed by atoms with Crippen molar-refractivity contribution in [1.29, 1.82) is 0 Å². The summed E-state index contributed by atoms with van der Waals surface area (Å²) in [6, 6.07) is 23.7. The summed E-state index contributed by atoms with van der Waals surface area (Å²) >= 11 is 7.34. The Balaban J connectivity index is 1.78. The van der Waals surface area contributed by atoms with E-state index in [1.165, 1.54) is 16.7 Å². The van der Waals surface area contributed by atoms with Gasteiger partial charge < -0.3 is 4.74 Å². The van der Waals surface area contributed by atoms with E-state index in [9.17, 15) is 9.59 Å². The Kier molecular flexibility index (Phi) is 5.93. The van der Waals surface area contributed by atoms with Crippen LogP contribution < -0.4 is 9.64 Å². The first-order valence-electron chi connectivity index (χ1n) is 9.29. The molecule has 0 saturated carbocycles. The van der Waals surface area contributed by atoms with Crippen molar-refractivity contribution in [2.75, 3.05) is 12.0 Å². The fourth-order valence-corrected chi connectivity index (χ4v) is 4.47. The molecule has 1 aliphatic rings. The minimum atomic E-state index is -0.373. The van der Waals surface area contributed by atoms with E-state index in [2.05, 4.69) is 0 Å². The number of rotatable bonds is 6. The fourth-order valence-electron chi connectivity index (χ4n) is 3.29. The Morgan fingerprint density at radius 1 is 0.867 bits per heavy atom. The summed E-state index contributed by atoms with van der Waals surface area (Å²) in [6.45, 7) is 0. The largest absolute Gasteiger partial charge is 0.496 e. The van der Waals surface area contributed by atoms with Crippen LogP contribution >= 0.6 is 23.4 Å². The highest BCUT2D eigenvalue weighted by Crippen LogP contribution is 2.42. The Hall–Kier alpha value is -3.02. The van der Waals surface area contributed by atoms with Crippen LogP contribution in [0.3, 0.4) is 0 Å². The normalized spacial score (nSPS) is 13.9. The van der Waals surface area contributed by atoms with Gasteiger partial charge in [0.25, 0.3) is 11.8 Å². The topological polar surface area (TPSA) is 46.6 Å². The standard InChI is InChI=1S/C24H18ClNO3S/c1-29-20-10-6-5-9-19(20)21-22(30-15-16-7-3-2-4-8-16)24(28)26(23(21)27)18-13-11-17(25)12-14-18/h2-14H,15H2,1H3. The number of hydrogen-bond donors (Lipinski definition) is 0. The number of ether oxygens (including phenoxy) is 1. The number of para-hydroxylation sites is 1. The van der Waals surface area contributed by atoms with Gasteiger partial charge in [-0.05, 0) is 35.9 Å². The molecule has 0 unspecified atom stereocenters. The van der Waals surface area contributed by atoms with E-state index in [0.29, 0.717) is 38.3 Å². The van der Waals surface area contributed by atoms with Crippen molar-refractivity contribution in [1.82, 2.24) is 0 Å². The number of hydrogen-bond acceptors (Lipinski definition) is 4. The molecule has 6 heteroatoms. The number of thioether (sulfide) groups is 1. The SMILES string of the molecule is COc1ccccc1C1=C(SCc2ccccc2)C(=O)N(c2ccc(Cl)cc2)C1=O. The van der Waals surface area contributed by atoms with Gasteiger partial charge in [0, 0.05) is 16.3 Å². The molecule has 0 aromatic heterocycles. The first kappa shape index (κ1) is 20.3. The zero-order valence-corrected chi connectivity index (χ0v) is 17.7. The van der Waals surface area contributed by atoms with Gasteiger partial charge in [0.15, 0.2) is 0 Å². The van der Waals surface area contributed by atoms with E-state index >= 15 is 0 Å². The van der Waals surface area contributed by atoms with Crippen LogP contribution in [0.1, 0.15) is 11.1 Å². The second-order valence-electron chi connectivity index (χ2n) is 6.60. The van der Waals surface area contributed by atoms with Gasteiger partial charge in [0.05, 0.1) is 23.3 Å². The maximum Gasteiger partial charge on any atom is 0.272 e.